The first-order valence-electron chi connectivity index (χ1n) is 7.64. The second-order valence-corrected chi connectivity index (χ2v) is 7.08. The lowest BCUT2D eigenvalue weighted by molar-refractivity contribution is 0.276. The summed E-state index contributed by atoms with van der Waals surface area (Å²) in [6.45, 7) is 9.09. The predicted molar refractivity (Wildman–Crippen MR) is 89.9 cm³/mol. The Morgan fingerprint density at radius 2 is 2.20 bits per heavy atom. The van der Waals surface area contributed by atoms with Crippen LogP contribution in [0, 0.1) is 0 Å². The number of fused-ring (bicyclic) bond motifs is 1. The smallest absolute Gasteiger partial charge is 0.0412 e. The number of anilines is 1. The van der Waals surface area contributed by atoms with Crippen molar-refractivity contribution in [3.05, 3.63) is 29.6 Å². The predicted octanol–water partition coefficient (Wildman–Crippen LogP) is 4.26. The van der Waals surface area contributed by atoms with Gasteiger partial charge in [-0.25, -0.2) is 0 Å². The van der Waals surface area contributed by atoms with Crippen molar-refractivity contribution >= 4 is 27.1 Å². The van der Waals surface area contributed by atoms with Crippen LogP contribution in [-0.4, -0.2) is 24.7 Å². The van der Waals surface area contributed by atoms with Crippen LogP contribution in [0.2, 0.25) is 0 Å². The van der Waals surface area contributed by atoms with Gasteiger partial charge in [-0.05, 0) is 54.8 Å². The molecule has 1 aliphatic rings. The second kappa shape index (κ2) is 5.38. The monoisotopic (exact) mass is 288 g/mol. The SMILES string of the molecule is CCC1CNC(C)(CC)CN1c1ccc2sccc2c1. The number of hydrogen-bond acceptors (Lipinski definition) is 3. The van der Waals surface area contributed by atoms with Gasteiger partial charge in [-0.15, -0.1) is 11.3 Å². The van der Waals surface area contributed by atoms with Crippen molar-refractivity contribution in [1.29, 1.82) is 0 Å². The first kappa shape index (κ1) is 13.9. The third-order valence-electron chi connectivity index (χ3n) is 4.74. The van der Waals surface area contributed by atoms with Crippen molar-refractivity contribution < 1.29 is 0 Å². The van der Waals surface area contributed by atoms with E-state index in [1.807, 2.05) is 11.3 Å². The summed E-state index contributed by atoms with van der Waals surface area (Å²) in [6.07, 6.45) is 2.36. The van der Waals surface area contributed by atoms with Crippen molar-refractivity contribution in [2.75, 3.05) is 18.0 Å². The van der Waals surface area contributed by atoms with Crippen LogP contribution >= 0.6 is 11.3 Å². The Labute approximate surface area is 125 Å². The van der Waals surface area contributed by atoms with Gasteiger partial charge in [0.2, 0.25) is 0 Å². The molecule has 0 aliphatic carbocycles. The minimum Gasteiger partial charge on any atom is -0.365 e. The number of nitrogens with one attached hydrogen (secondary N) is 1. The van der Waals surface area contributed by atoms with E-state index >= 15 is 0 Å². The Bertz CT molecular complexity index is 591. The Morgan fingerprint density at radius 3 is 2.95 bits per heavy atom. The van der Waals surface area contributed by atoms with E-state index in [-0.39, 0.29) is 5.54 Å². The van der Waals surface area contributed by atoms with E-state index in [1.54, 1.807) is 0 Å². The molecular weight excluding hydrogens is 264 g/mol. The first-order valence-corrected chi connectivity index (χ1v) is 8.52. The maximum atomic E-state index is 3.74. The van der Waals surface area contributed by atoms with Crippen molar-refractivity contribution in [3.63, 3.8) is 0 Å². The highest BCUT2D eigenvalue weighted by atomic mass is 32.1. The van der Waals surface area contributed by atoms with Crippen LogP contribution < -0.4 is 10.2 Å². The summed E-state index contributed by atoms with van der Waals surface area (Å²) in [5.74, 6) is 0. The van der Waals surface area contributed by atoms with Gasteiger partial charge in [-0.1, -0.05) is 13.8 Å². The molecule has 2 nitrogen and oxygen atoms in total. The van der Waals surface area contributed by atoms with E-state index in [0.29, 0.717) is 6.04 Å². The quantitative estimate of drug-likeness (QED) is 0.908. The van der Waals surface area contributed by atoms with Crippen LogP contribution in [0.4, 0.5) is 5.69 Å². The molecule has 1 aliphatic heterocycles. The number of thiophene rings is 1. The molecule has 1 N–H and O–H groups in total. The normalized spacial score (nSPS) is 27.1. The maximum Gasteiger partial charge on any atom is 0.0412 e. The molecule has 0 radical (unpaired) electrons. The van der Waals surface area contributed by atoms with Crippen LogP contribution in [0.25, 0.3) is 10.1 Å². The average Bonchev–Trinajstić information content (AvgIpc) is 2.94. The van der Waals surface area contributed by atoms with Crippen LogP contribution in [-0.2, 0) is 0 Å². The zero-order chi connectivity index (χ0) is 14.2. The van der Waals surface area contributed by atoms with E-state index in [1.165, 1.54) is 28.6 Å². The Balaban J connectivity index is 1.95. The lowest BCUT2D eigenvalue weighted by atomic mass is 9.92. The van der Waals surface area contributed by atoms with Gasteiger partial charge in [-0.2, -0.15) is 0 Å². The molecule has 2 aromatic rings. The largest absolute Gasteiger partial charge is 0.365 e. The number of hydrogen-bond donors (Lipinski definition) is 1. The van der Waals surface area contributed by atoms with Gasteiger partial charge in [-0.3, -0.25) is 0 Å². The summed E-state index contributed by atoms with van der Waals surface area (Å²) in [6, 6.07) is 9.75. The summed E-state index contributed by atoms with van der Waals surface area (Å²) in [5, 5.41) is 7.29. The molecule has 0 saturated carbocycles. The molecule has 0 amide bonds. The van der Waals surface area contributed by atoms with Crippen molar-refractivity contribution in [2.24, 2.45) is 0 Å². The molecule has 1 saturated heterocycles. The molecule has 1 fully saturated rings. The standard InChI is InChI=1S/C17H24N2S/c1-4-14-11-18-17(3,5-2)12-19(14)15-6-7-16-13(10-15)8-9-20-16/h6-10,14,18H,4-5,11-12H2,1-3H3. The van der Waals surface area contributed by atoms with Crippen LogP contribution in [0.3, 0.4) is 0 Å². The number of rotatable bonds is 3. The molecule has 0 spiro atoms. The topological polar surface area (TPSA) is 15.3 Å². The van der Waals surface area contributed by atoms with E-state index < -0.39 is 0 Å². The third kappa shape index (κ3) is 2.45. The Kier molecular flexibility index (Phi) is 3.74. The lowest BCUT2D eigenvalue weighted by Crippen LogP contribution is -2.62. The minimum atomic E-state index is 0.231. The molecule has 108 valence electrons. The molecule has 1 aromatic carbocycles. The third-order valence-corrected chi connectivity index (χ3v) is 5.64. The number of nitrogens with zero attached hydrogens (tertiary/aromatic N) is 1. The van der Waals surface area contributed by atoms with E-state index in [2.05, 4.69) is 60.6 Å². The number of piperazine rings is 1. The fourth-order valence-corrected chi connectivity index (χ4v) is 3.84. The molecule has 20 heavy (non-hydrogen) atoms. The summed E-state index contributed by atoms with van der Waals surface area (Å²) in [5.41, 5.74) is 1.61. The zero-order valence-electron chi connectivity index (χ0n) is 12.6. The highest BCUT2D eigenvalue weighted by molar-refractivity contribution is 7.17. The Morgan fingerprint density at radius 1 is 1.35 bits per heavy atom. The van der Waals surface area contributed by atoms with Crippen molar-refractivity contribution in [1.82, 2.24) is 5.32 Å². The molecule has 0 bridgehead atoms. The number of benzene rings is 1. The summed E-state index contributed by atoms with van der Waals surface area (Å²) >= 11 is 1.82. The first-order chi connectivity index (χ1) is 9.65. The second-order valence-electron chi connectivity index (χ2n) is 6.13. The molecule has 2 heterocycles. The fraction of sp³-hybridized carbons (Fsp3) is 0.529. The van der Waals surface area contributed by atoms with Crippen LogP contribution in [0.15, 0.2) is 29.6 Å². The zero-order valence-corrected chi connectivity index (χ0v) is 13.5. The highest BCUT2D eigenvalue weighted by Gasteiger charge is 2.33. The summed E-state index contributed by atoms with van der Waals surface area (Å²) in [4.78, 5) is 2.61. The maximum absolute atomic E-state index is 3.74. The van der Waals surface area contributed by atoms with Gasteiger partial charge in [0.15, 0.2) is 0 Å². The minimum absolute atomic E-state index is 0.231. The van der Waals surface area contributed by atoms with E-state index in [4.69, 9.17) is 0 Å². The van der Waals surface area contributed by atoms with E-state index in [9.17, 15) is 0 Å². The Hall–Kier alpha value is -1.06. The van der Waals surface area contributed by atoms with Crippen LogP contribution in [0.1, 0.15) is 33.6 Å². The molecule has 1 aromatic heterocycles. The van der Waals surface area contributed by atoms with Gasteiger partial charge in [0.1, 0.15) is 0 Å². The van der Waals surface area contributed by atoms with Gasteiger partial charge >= 0.3 is 0 Å². The fourth-order valence-electron chi connectivity index (χ4n) is 3.07. The highest BCUT2D eigenvalue weighted by Crippen LogP contribution is 2.30. The van der Waals surface area contributed by atoms with Crippen LogP contribution in [0.5, 0.6) is 0 Å². The lowest BCUT2D eigenvalue weighted by Gasteiger charge is -2.47. The van der Waals surface area contributed by atoms with Crippen molar-refractivity contribution in [3.8, 4) is 0 Å². The molecule has 3 rings (SSSR count). The van der Waals surface area contributed by atoms with Crippen molar-refractivity contribution in [2.45, 2.75) is 45.2 Å². The summed E-state index contributed by atoms with van der Waals surface area (Å²) < 4.78 is 1.38. The molecule has 2 unspecified atom stereocenters. The molecule has 2 atom stereocenters. The summed E-state index contributed by atoms with van der Waals surface area (Å²) in [7, 11) is 0. The van der Waals surface area contributed by atoms with Gasteiger partial charge in [0, 0.05) is 35.1 Å². The average molecular weight is 288 g/mol. The molecule has 3 heteroatoms. The van der Waals surface area contributed by atoms with Gasteiger partial charge in [0.05, 0.1) is 0 Å². The van der Waals surface area contributed by atoms with Gasteiger partial charge < -0.3 is 10.2 Å². The molecular formula is C17H24N2S. The van der Waals surface area contributed by atoms with Gasteiger partial charge in [0.25, 0.3) is 0 Å². The van der Waals surface area contributed by atoms with E-state index in [0.717, 1.165) is 13.1 Å².